The summed E-state index contributed by atoms with van der Waals surface area (Å²) in [6.07, 6.45) is 2.38. The molecule has 0 fully saturated rings. The van der Waals surface area contributed by atoms with E-state index in [1.165, 1.54) is 17.7 Å². The third-order valence-corrected chi connectivity index (χ3v) is 4.20. The molecule has 0 atom stereocenters. The summed E-state index contributed by atoms with van der Waals surface area (Å²) in [7, 11) is 0. The van der Waals surface area contributed by atoms with Crippen molar-refractivity contribution in [1.82, 2.24) is 0 Å². The maximum absolute atomic E-state index is 14.0. The highest BCUT2D eigenvalue weighted by molar-refractivity contribution is 7.98. The number of aryl methyl sites for hydroxylation is 1. The van der Waals surface area contributed by atoms with Gasteiger partial charge in [0, 0.05) is 16.7 Å². The number of aliphatic carboxylic acids is 1. The standard InChI is InChI=1S/C17H15FO2S/c1-12-4-2-3-5-16(12)21-11-14-8-6-13(10-15(14)18)7-9-17(19)20/h2-10H,11H2,1H3,(H,19,20). The molecular weight excluding hydrogens is 287 g/mol. The van der Waals surface area contributed by atoms with Gasteiger partial charge in [0.25, 0.3) is 0 Å². The van der Waals surface area contributed by atoms with Crippen LogP contribution in [-0.4, -0.2) is 11.1 Å². The molecule has 0 aliphatic rings. The normalized spacial score (nSPS) is 11.0. The lowest BCUT2D eigenvalue weighted by molar-refractivity contribution is -0.131. The largest absolute Gasteiger partial charge is 0.478 e. The van der Waals surface area contributed by atoms with Crippen molar-refractivity contribution in [1.29, 1.82) is 0 Å². The lowest BCUT2D eigenvalue weighted by Gasteiger charge is -2.07. The lowest BCUT2D eigenvalue weighted by Crippen LogP contribution is -1.90. The molecule has 0 saturated heterocycles. The van der Waals surface area contributed by atoms with Crippen molar-refractivity contribution in [2.75, 3.05) is 0 Å². The second-order valence-corrected chi connectivity index (χ2v) is 5.59. The van der Waals surface area contributed by atoms with Gasteiger partial charge in [0.15, 0.2) is 0 Å². The van der Waals surface area contributed by atoms with Gasteiger partial charge in [-0.15, -0.1) is 11.8 Å². The van der Waals surface area contributed by atoms with Crippen molar-refractivity contribution in [2.45, 2.75) is 17.6 Å². The summed E-state index contributed by atoms with van der Waals surface area (Å²) >= 11 is 1.59. The number of carboxylic acids is 1. The van der Waals surface area contributed by atoms with Crippen LogP contribution < -0.4 is 0 Å². The summed E-state index contributed by atoms with van der Waals surface area (Å²) in [5.41, 5.74) is 2.32. The molecular formula is C17H15FO2S. The number of halogens is 1. The molecule has 2 rings (SSSR count). The molecule has 0 aliphatic heterocycles. The average molecular weight is 302 g/mol. The maximum atomic E-state index is 14.0. The van der Waals surface area contributed by atoms with Crippen LogP contribution >= 0.6 is 11.8 Å². The maximum Gasteiger partial charge on any atom is 0.328 e. The van der Waals surface area contributed by atoms with Gasteiger partial charge in [-0.05, 0) is 41.8 Å². The number of hydrogen-bond acceptors (Lipinski definition) is 2. The SMILES string of the molecule is Cc1ccccc1SCc1ccc(C=CC(=O)O)cc1F. The minimum absolute atomic E-state index is 0.316. The van der Waals surface area contributed by atoms with Gasteiger partial charge in [-0.2, -0.15) is 0 Å². The van der Waals surface area contributed by atoms with Crippen LogP contribution in [0.25, 0.3) is 6.08 Å². The fourth-order valence-electron chi connectivity index (χ4n) is 1.83. The Morgan fingerprint density at radius 2 is 2.05 bits per heavy atom. The summed E-state index contributed by atoms with van der Waals surface area (Å²) < 4.78 is 14.0. The highest BCUT2D eigenvalue weighted by Gasteiger charge is 2.05. The van der Waals surface area contributed by atoms with E-state index in [1.807, 2.05) is 31.2 Å². The minimum atomic E-state index is -1.05. The van der Waals surface area contributed by atoms with E-state index in [2.05, 4.69) is 0 Å². The first-order chi connectivity index (χ1) is 10.1. The summed E-state index contributed by atoms with van der Waals surface area (Å²) in [5.74, 6) is -0.821. The van der Waals surface area contributed by atoms with E-state index in [1.54, 1.807) is 23.9 Å². The number of rotatable bonds is 5. The van der Waals surface area contributed by atoms with Crippen LogP contribution in [0.2, 0.25) is 0 Å². The molecule has 2 aromatic rings. The van der Waals surface area contributed by atoms with E-state index < -0.39 is 5.97 Å². The first kappa shape index (κ1) is 15.3. The van der Waals surface area contributed by atoms with Gasteiger partial charge in [-0.3, -0.25) is 0 Å². The summed E-state index contributed by atoms with van der Waals surface area (Å²) in [6.45, 7) is 2.03. The van der Waals surface area contributed by atoms with Crippen molar-refractivity contribution >= 4 is 23.8 Å². The van der Waals surface area contributed by atoms with Crippen LogP contribution in [0.4, 0.5) is 4.39 Å². The Hall–Kier alpha value is -2.07. The third kappa shape index (κ3) is 4.46. The molecule has 1 N–H and O–H groups in total. The average Bonchev–Trinajstić information content (AvgIpc) is 2.45. The Bertz CT molecular complexity index is 680. The monoisotopic (exact) mass is 302 g/mol. The van der Waals surface area contributed by atoms with Gasteiger partial charge < -0.3 is 5.11 Å². The molecule has 2 nitrogen and oxygen atoms in total. The molecule has 0 bridgehead atoms. The van der Waals surface area contributed by atoms with Crippen LogP contribution in [-0.2, 0) is 10.5 Å². The zero-order chi connectivity index (χ0) is 15.2. The minimum Gasteiger partial charge on any atom is -0.478 e. The molecule has 0 aliphatic carbocycles. The second-order valence-electron chi connectivity index (χ2n) is 4.58. The predicted octanol–water partition coefficient (Wildman–Crippen LogP) is 4.52. The van der Waals surface area contributed by atoms with E-state index in [0.29, 0.717) is 16.9 Å². The first-order valence-corrected chi connectivity index (χ1v) is 7.42. The second kappa shape index (κ2) is 7.09. The van der Waals surface area contributed by atoms with Gasteiger partial charge in [-0.25, -0.2) is 9.18 Å². The number of thioether (sulfide) groups is 1. The van der Waals surface area contributed by atoms with E-state index >= 15 is 0 Å². The van der Waals surface area contributed by atoms with Crippen molar-refractivity contribution in [3.8, 4) is 0 Å². The van der Waals surface area contributed by atoms with Crippen LogP contribution in [0.15, 0.2) is 53.4 Å². The van der Waals surface area contributed by atoms with Crippen molar-refractivity contribution in [3.05, 3.63) is 71.0 Å². The van der Waals surface area contributed by atoms with E-state index in [-0.39, 0.29) is 5.82 Å². The Labute approximate surface area is 127 Å². The molecule has 0 saturated carbocycles. The highest BCUT2D eigenvalue weighted by atomic mass is 32.2. The molecule has 108 valence electrons. The zero-order valence-corrected chi connectivity index (χ0v) is 12.4. The zero-order valence-electron chi connectivity index (χ0n) is 11.5. The van der Waals surface area contributed by atoms with Gasteiger partial charge in [0.2, 0.25) is 0 Å². The topological polar surface area (TPSA) is 37.3 Å². The van der Waals surface area contributed by atoms with Crippen LogP contribution in [0, 0.1) is 12.7 Å². The molecule has 21 heavy (non-hydrogen) atoms. The Balaban J connectivity index is 2.08. The molecule has 0 radical (unpaired) electrons. The Kier molecular flexibility index (Phi) is 5.17. The molecule has 0 spiro atoms. The number of carbonyl (C=O) groups is 1. The van der Waals surface area contributed by atoms with E-state index in [4.69, 9.17) is 5.11 Å². The first-order valence-electron chi connectivity index (χ1n) is 6.44. The number of benzene rings is 2. The summed E-state index contributed by atoms with van der Waals surface area (Å²) in [5, 5.41) is 8.55. The fraction of sp³-hybridized carbons (Fsp3) is 0.118. The van der Waals surface area contributed by atoms with Gasteiger partial charge >= 0.3 is 5.97 Å². The summed E-state index contributed by atoms with van der Waals surface area (Å²) in [4.78, 5) is 11.6. The van der Waals surface area contributed by atoms with E-state index in [0.717, 1.165) is 11.0 Å². The summed E-state index contributed by atoms with van der Waals surface area (Å²) in [6, 6.07) is 12.8. The highest BCUT2D eigenvalue weighted by Crippen LogP contribution is 2.27. The van der Waals surface area contributed by atoms with E-state index in [9.17, 15) is 9.18 Å². The van der Waals surface area contributed by atoms with Crippen LogP contribution in [0.1, 0.15) is 16.7 Å². The predicted molar refractivity (Wildman–Crippen MR) is 83.8 cm³/mol. The fourth-order valence-corrected chi connectivity index (χ4v) is 2.84. The van der Waals surface area contributed by atoms with Crippen molar-refractivity contribution < 1.29 is 14.3 Å². The number of hydrogen-bond donors (Lipinski definition) is 1. The van der Waals surface area contributed by atoms with Crippen LogP contribution in [0.3, 0.4) is 0 Å². The van der Waals surface area contributed by atoms with Crippen LogP contribution in [0.5, 0.6) is 0 Å². The molecule has 4 heteroatoms. The quantitative estimate of drug-likeness (QED) is 0.651. The lowest BCUT2D eigenvalue weighted by atomic mass is 10.1. The number of carboxylic acid groups (broad SMARTS) is 1. The molecule has 0 aromatic heterocycles. The smallest absolute Gasteiger partial charge is 0.328 e. The molecule has 0 heterocycles. The van der Waals surface area contributed by atoms with Crippen molar-refractivity contribution in [2.24, 2.45) is 0 Å². The molecule has 0 amide bonds. The van der Waals surface area contributed by atoms with Gasteiger partial charge in [0.1, 0.15) is 5.82 Å². The van der Waals surface area contributed by atoms with Gasteiger partial charge in [0.05, 0.1) is 0 Å². The molecule has 2 aromatic carbocycles. The Morgan fingerprint density at radius 1 is 1.29 bits per heavy atom. The Morgan fingerprint density at radius 3 is 2.71 bits per heavy atom. The van der Waals surface area contributed by atoms with Gasteiger partial charge in [-0.1, -0.05) is 30.3 Å². The van der Waals surface area contributed by atoms with Crippen molar-refractivity contribution in [3.63, 3.8) is 0 Å². The third-order valence-electron chi connectivity index (χ3n) is 2.97. The molecule has 0 unspecified atom stereocenters.